The van der Waals surface area contributed by atoms with Crippen molar-refractivity contribution in [3.8, 4) is 5.75 Å². The third-order valence-corrected chi connectivity index (χ3v) is 4.35. The fourth-order valence-corrected chi connectivity index (χ4v) is 2.84. The summed E-state index contributed by atoms with van der Waals surface area (Å²) in [6.45, 7) is 0.434. The van der Waals surface area contributed by atoms with Gasteiger partial charge < -0.3 is 24.7 Å². The summed E-state index contributed by atoms with van der Waals surface area (Å²) < 4.78 is 10.5. The lowest BCUT2D eigenvalue weighted by molar-refractivity contribution is -0.159. The van der Waals surface area contributed by atoms with Crippen molar-refractivity contribution in [1.29, 1.82) is 0 Å². The Labute approximate surface area is 188 Å². The molecule has 0 saturated carbocycles. The van der Waals surface area contributed by atoms with E-state index in [2.05, 4.69) is 10.6 Å². The number of amides is 1. The summed E-state index contributed by atoms with van der Waals surface area (Å²) in [6.07, 6.45) is 1.61. The van der Waals surface area contributed by atoms with Crippen LogP contribution in [-0.2, 0) is 20.9 Å². The number of benzene rings is 2. The predicted molar refractivity (Wildman–Crippen MR) is 117 cm³/mol. The van der Waals surface area contributed by atoms with E-state index < -0.39 is 18.0 Å². The number of carboxylic acid groups (broad SMARTS) is 2. The molecule has 0 radical (unpaired) electrons. The number of carbonyl (C=O) groups excluding carboxylic acids is 1. The van der Waals surface area contributed by atoms with Crippen molar-refractivity contribution in [3.63, 3.8) is 0 Å². The van der Waals surface area contributed by atoms with Crippen molar-refractivity contribution in [2.24, 2.45) is 0 Å². The minimum absolute atomic E-state index is 0.191. The Bertz CT molecular complexity index is 1030. The molecular formula is C22H21ClN2O7. The summed E-state index contributed by atoms with van der Waals surface area (Å²) in [5, 5.41) is 21.3. The van der Waals surface area contributed by atoms with Gasteiger partial charge in [0.25, 0.3) is 0 Å². The SMILES string of the molecule is COc1ccc(NC(=O)C(NCc2ccco2)c2ccccc2)cc1Cl.O=C(O)C(=O)O. The number of rotatable bonds is 7. The van der Waals surface area contributed by atoms with Crippen molar-refractivity contribution in [2.45, 2.75) is 12.6 Å². The van der Waals surface area contributed by atoms with Gasteiger partial charge in [0.15, 0.2) is 0 Å². The Balaban J connectivity index is 0.000000534. The Morgan fingerprint density at radius 2 is 1.72 bits per heavy atom. The Hall–Kier alpha value is -3.82. The predicted octanol–water partition coefficient (Wildman–Crippen LogP) is 3.57. The number of aliphatic carboxylic acids is 2. The molecule has 10 heteroatoms. The highest BCUT2D eigenvalue weighted by Gasteiger charge is 2.21. The number of carboxylic acids is 2. The van der Waals surface area contributed by atoms with E-state index in [-0.39, 0.29) is 5.91 Å². The van der Waals surface area contributed by atoms with Crippen molar-refractivity contribution < 1.29 is 33.8 Å². The van der Waals surface area contributed by atoms with Gasteiger partial charge in [-0.3, -0.25) is 10.1 Å². The largest absolute Gasteiger partial charge is 0.495 e. The number of halogens is 1. The maximum atomic E-state index is 12.9. The van der Waals surface area contributed by atoms with Crippen LogP contribution in [0.25, 0.3) is 0 Å². The van der Waals surface area contributed by atoms with E-state index in [4.69, 9.17) is 40.6 Å². The van der Waals surface area contributed by atoms with E-state index in [1.807, 2.05) is 42.5 Å². The standard InChI is InChI=1S/C20H19ClN2O3.C2H2O4/c1-25-18-10-9-15(12-17(18)21)23-20(24)19(14-6-3-2-4-7-14)22-13-16-8-5-11-26-16;3-1(4)2(5)6/h2-12,19,22H,13H2,1H3,(H,23,24);(H,3,4)(H,5,6). The Kier molecular flexibility index (Phi) is 9.27. The lowest BCUT2D eigenvalue weighted by atomic mass is 10.1. The number of nitrogens with one attached hydrogen (secondary N) is 2. The van der Waals surface area contributed by atoms with Crippen LogP contribution in [0.5, 0.6) is 5.75 Å². The second-order valence-electron chi connectivity index (χ2n) is 6.25. The Morgan fingerprint density at radius 3 is 2.25 bits per heavy atom. The number of methoxy groups -OCH3 is 1. The number of carbonyl (C=O) groups is 3. The van der Waals surface area contributed by atoms with E-state index in [0.717, 1.165) is 11.3 Å². The molecule has 1 atom stereocenters. The van der Waals surface area contributed by atoms with Crippen LogP contribution in [0, 0.1) is 0 Å². The van der Waals surface area contributed by atoms with Crippen LogP contribution in [0.15, 0.2) is 71.3 Å². The zero-order valence-corrected chi connectivity index (χ0v) is 17.7. The smallest absolute Gasteiger partial charge is 0.414 e. The number of ether oxygens (including phenoxy) is 1. The molecule has 1 heterocycles. The molecule has 0 aliphatic rings. The third kappa shape index (κ3) is 7.46. The van der Waals surface area contributed by atoms with Crippen LogP contribution in [0.4, 0.5) is 5.69 Å². The molecular weight excluding hydrogens is 440 g/mol. The van der Waals surface area contributed by atoms with Crippen molar-refractivity contribution in [1.82, 2.24) is 5.32 Å². The summed E-state index contributed by atoms with van der Waals surface area (Å²) >= 11 is 6.13. The minimum atomic E-state index is -1.82. The fourth-order valence-electron chi connectivity index (χ4n) is 2.58. The quantitative estimate of drug-likeness (QED) is 0.392. The molecule has 2 aromatic carbocycles. The van der Waals surface area contributed by atoms with Crippen LogP contribution in [0.1, 0.15) is 17.4 Å². The van der Waals surface area contributed by atoms with E-state index in [9.17, 15) is 4.79 Å². The molecule has 4 N–H and O–H groups in total. The van der Waals surface area contributed by atoms with Crippen molar-refractivity contribution in [2.75, 3.05) is 12.4 Å². The maximum Gasteiger partial charge on any atom is 0.414 e. The topological polar surface area (TPSA) is 138 Å². The first kappa shape index (κ1) is 24.4. The summed E-state index contributed by atoms with van der Waals surface area (Å²) in [4.78, 5) is 31.1. The molecule has 0 bridgehead atoms. The van der Waals surface area contributed by atoms with Gasteiger partial charge in [0.05, 0.1) is 24.9 Å². The summed E-state index contributed by atoms with van der Waals surface area (Å²) in [6, 6.07) is 17.8. The zero-order chi connectivity index (χ0) is 23.5. The molecule has 1 unspecified atom stereocenters. The van der Waals surface area contributed by atoms with Gasteiger partial charge in [-0.15, -0.1) is 0 Å². The lowest BCUT2D eigenvalue weighted by Crippen LogP contribution is -2.32. The lowest BCUT2D eigenvalue weighted by Gasteiger charge is -2.19. The van der Waals surface area contributed by atoms with E-state index in [1.165, 1.54) is 0 Å². The third-order valence-electron chi connectivity index (χ3n) is 4.06. The van der Waals surface area contributed by atoms with E-state index in [1.54, 1.807) is 31.6 Å². The monoisotopic (exact) mass is 460 g/mol. The molecule has 3 aromatic rings. The van der Waals surface area contributed by atoms with Gasteiger partial charge >= 0.3 is 11.9 Å². The Morgan fingerprint density at radius 1 is 1.03 bits per heavy atom. The summed E-state index contributed by atoms with van der Waals surface area (Å²) in [5.41, 5.74) is 1.46. The highest BCUT2D eigenvalue weighted by atomic mass is 35.5. The number of hydrogen-bond donors (Lipinski definition) is 4. The van der Waals surface area contributed by atoms with Crippen LogP contribution >= 0.6 is 11.6 Å². The molecule has 1 aromatic heterocycles. The fraction of sp³-hybridized carbons (Fsp3) is 0.136. The number of furan rings is 1. The normalized spacial score (nSPS) is 10.9. The van der Waals surface area contributed by atoms with E-state index >= 15 is 0 Å². The molecule has 3 rings (SSSR count). The van der Waals surface area contributed by atoms with Gasteiger partial charge in [-0.25, -0.2) is 9.59 Å². The molecule has 0 saturated heterocycles. The van der Waals surface area contributed by atoms with Crippen LogP contribution in [0.3, 0.4) is 0 Å². The molecule has 32 heavy (non-hydrogen) atoms. The first-order chi connectivity index (χ1) is 15.3. The maximum absolute atomic E-state index is 12.9. The zero-order valence-electron chi connectivity index (χ0n) is 16.9. The number of anilines is 1. The second-order valence-corrected chi connectivity index (χ2v) is 6.66. The molecule has 0 aliphatic heterocycles. The van der Waals surface area contributed by atoms with Gasteiger partial charge in [-0.2, -0.15) is 0 Å². The van der Waals surface area contributed by atoms with Gasteiger partial charge in [0.2, 0.25) is 5.91 Å². The summed E-state index contributed by atoms with van der Waals surface area (Å²) in [7, 11) is 1.55. The second kappa shape index (κ2) is 12.1. The van der Waals surface area contributed by atoms with Gasteiger partial charge in [0, 0.05) is 5.69 Å². The first-order valence-electron chi connectivity index (χ1n) is 9.23. The minimum Gasteiger partial charge on any atom is -0.495 e. The summed E-state index contributed by atoms with van der Waals surface area (Å²) in [5.74, 6) is -2.53. The van der Waals surface area contributed by atoms with Crippen LogP contribution < -0.4 is 15.4 Å². The van der Waals surface area contributed by atoms with Gasteiger partial charge in [-0.05, 0) is 35.9 Å². The van der Waals surface area contributed by atoms with Crippen LogP contribution in [0.2, 0.25) is 5.02 Å². The van der Waals surface area contributed by atoms with Gasteiger partial charge in [-0.1, -0.05) is 41.9 Å². The molecule has 168 valence electrons. The highest BCUT2D eigenvalue weighted by molar-refractivity contribution is 6.32. The molecule has 0 fully saturated rings. The molecule has 1 amide bonds. The van der Waals surface area contributed by atoms with Crippen molar-refractivity contribution in [3.05, 3.63) is 83.3 Å². The van der Waals surface area contributed by atoms with Gasteiger partial charge in [0.1, 0.15) is 17.6 Å². The molecule has 0 aliphatic carbocycles. The van der Waals surface area contributed by atoms with E-state index in [0.29, 0.717) is 23.0 Å². The first-order valence-corrected chi connectivity index (χ1v) is 9.61. The highest BCUT2D eigenvalue weighted by Crippen LogP contribution is 2.28. The number of hydrogen-bond acceptors (Lipinski definition) is 6. The average Bonchev–Trinajstić information content (AvgIpc) is 3.29. The van der Waals surface area contributed by atoms with Crippen molar-refractivity contribution >= 4 is 35.1 Å². The molecule has 0 spiro atoms. The average molecular weight is 461 g/mol. The van der Waals surface area contributed by atoms with Crippen LogP contribution in [-0.4, -0.2) is 35.2 Å². The molecule has 9 nitrogen and oxygen atoms in total.